The highest BCUT2D eigenvalue weighted by Gasteiger charge is 2.10. The Morgan fingerprint density at radius 1 is 1.12 bits per heavy atom. The van der Waals surface area contributed by atoms with Crippen LogP contribution in [-0.4, -0.2) is 40.5 Å². The summed E-state index contributed by atoms with van der Waals surface area (Å²) in [5, 5.41) is 20.9. The molecule has 1 unspecified atom stereocenters. The van der Waals surface area contributed by atoms with E-state index in [1.54, 1.807) is 18.3 Å². The number of nitrogens with zero attached hydrogens (tertiary/aromatic N) is 3. The van der Waals surface area contributed by atoms with Gasteiger partial charge in [-0.05, 0) is 41.8 Å². The second-order valence-electron chi connectivity index (χ2n) is 7.06. The smallest absolute Gasteiger partial charge is 0.387 e. The van der Waals surface area contributed by atoms with Gasteiger partial charge in [0, 0.05) is 25.5 Å². The van der Waals surface area contributed by atoms with Crippen LogP contribution >= 0.6 is 0 Å². The van der Waals surface area contributed by atoms with Gasteiger partial charge in [-0.3, -0.25) is 4.68 Å². The van der Waals surface area contributed by atoms with Gasteiger partial charge in [0.2, 0.25) is 0 Å². The molecule has 3 rings (SSSR count). The zero-order valence-corrected chi connectivity index (χ0v) is 17.8. The third kappa shape index (κ3) is 7.35. The first-order valence-corrected chi connectivity index (χ1v) is 10.3. The number of benzene rings is 2. The predicted molar refractivity (Wildman–Crippen MR) is 119 cm³/mol. The lowest BCUT2D eigenvalue weighted by atomic mass is 10.1. The van der Waals surface area contributed by atoms with E-state index in [2.05, 4.69) is 31.5 Å². The molecule has 0 aliphatic carbocycles. The number of aliphatic hydroxyl groups excluding tert-OH is 1. The van der Waals surface area contributed by atoms with Gasteiger partial charge in [0.25, 0.3) is 0 Å². The zero-order valence-electron chi connectivity index (χ0n) is 17.8. The second kappa shape index (κ2) is 11.8. The van der Waals surface area contributed by atoms with Crippen LogP contribution in [0, 0.1) is 0 Å². The number of aliphatic imine (C=N–C) groups is 1. The van der Waals surface area contributed by atoms with E-state index in [1.165, 1.54) is 12.1 Å². The summed E-state index contributed by atoms with van der Waals surface area (Å²) in [6.45, 7) is 1.12. The lowest BCUT2D eigenvalue weighted by Gasteiger charge is -2.16. The van der Waals surface area contributed by atoms with E-state index >= 15 is 0 Å². The van der Waals surface area contributed by atoms with Crippen molar-refractivity contribution in [2.24, 2.45) is 4.99 Å². The van der Waals surface area contributed by atoms with Crippen molar-refractivity contribution in [2.75, 3.05) is 13.1 Å². The van der Waals surface area contributed by atoms with Crippen molar-refractivity contribution in [1.82, 2.24) is 20.4 Å². The fourth-order valence-corrected chi connectivity index (χ4v) is 3.10. The number of halogens is 2. The number of nitrogens with one attached hydrogen (secondary N) is 2. The van der Waals surface area contributed by atoms with Crippen LogP contribution in [0.15, 0.2) is 72.0 Å². The Balaban J connectivity index is 1.56. The molecule has 1 atom stereocenters. The molecule has 0 saturated heterocycles. The van der Waals surface area contributed by atoms with E-state index in [-0.39, 0.29) is 12.3 Å². The Labute approximate surface area is 185 Å². The Bertz CT molecular complexity index is 978. The van der Waals surface area contributed by atoms with Crippen molar-refractivity contribution in [1.29, 1.82) is 0 Å². The maximum absolute atomic E-state index is 12.3. The average molecular weight is 443 g/mol. The quantitative estimate of drug-likeness (QED) is 0.331. The lowest BCUT2D eigenvalue weighted by Crippen LogP contribution is -2.39. The molecule has 170 valence electrons. The van der Waals surface area contributed by atoms with Gasteiger partial charge in [0.15, 0.2) is 5.96 Å². The van der Waals surface area contributed by atoms with Crippen LogP contribution in [-0.2, 0) is 13.1 Å². The summed E-state index contributed by atoms with van der Waals surface area (Å²) in [6.07, 6.45) is 2.84. The van der Waals surface area contributed by atoms with E-state index < -0.39 is 12.7 Å². The molecule has 32 heavy (non-hydrogen) atoms. The summed E-state index contributed by atoms with van der Waals surface area (Å²) in [5.74, 6) is 0.621. The van der Waals surface area contributed by atoms with Gasteiger partial charge in [-0.15, -0.1) is 0 Å². The number of alkyl halides is 2. The van der Waals surface area contributed by atoms with E-state index in [1.807, 2.05) is 42.1 Å². The summed E-state index contributed by atoms with van der Waals surface area (Å²) >= 11 is 0. The number of hydrogen-bond acceptors (Lipinski definition) is 4. The highest BCUT2D eigenvalue weighted by Crippen LogP contribution is 2.19. The van der Waals surface area contributed by atoms with E-state index in [4.69, 9.17) is 0 Å². The summed E-state index contributed by atoms with van der Waals surface area (Å²) in [7, 11) is 0. The van der Waals surface area contributed by atoms with Crippen molar-refractivity contribution >= 4 is 5.96 Å². The zero-order chi connectivity index (χ0) is 22.8. The summed E-state index contributed by atoms with van der Waals surface area (Å²) in [5.41, 5.74) is 2.78. The van der Waals surface area contributed by atoms with Gasteiger partial charge in [0.05, 0.1) is 19.2 Å². The number of guanidine groups is 1. The fourth-order valence-electron chi connectivity index (χ4n) is 3.10. The van der Waals surface area contributed by atoms with Gasteiger partial charge in [-0.2, -0.15) is 13.9 Å². The van der Waals surface area contributed by atoms with Crippen molar-refractivity contribution in [3.05, 3.63) is 83.7 Å². The first-order valence-electron chi connectivity index (χ1n) is 10.3. The molecule has 1 aromatic heterocycles. The molecule has 0 radical (unpaired) electrons. The van der Waals surface area contributed by atoms with Crippen LogP contribution in [0.1, 0.15) is 29.7 Å². The third-order valence-corrected chi connectivity index (χ3v) is 4.61. The highest BCUT2D eigenvalue weighted by molar-refractivity contribution is 5.79. The average Bonchev–Trinajstić information content (AvgIpc) is 3.29. The third-order valence-electron chi connectivity index (χ3n) is 4.61. The molecule has 3 aromatic rings. The molecule has 7 nitrogen and oxygen atoms in total. The first kappa shape index (κ1) is 23.2. The monoisotopic (exact) mass is 443 g/mol. The Morgan fingerprint density at radius 3 is 2.59 bits per heavy atom. The van der Waals surface area contributed by atoms with E-state index in [9.17, 15) is 13.9 Å². The molecule has 0 aliphatic heterocycles. The van der Waals surface area contributed by atoms with Crippen molar-refractivity contribution in [3.63, 3.8) is 0 Å². The largest absolute Gasteiger partial charge is 0.435 e. The van der Waals surface area contributed by atoms with E-state index in [0.29, 0.717) is 31.2 Å². The predicted octanol–water partition coefficient (Wildman–Crippen LogP) is 3.32. The maximum Gasteiger partial charge on any atom is 0.387 e. The summed E-state index contributed by atoms with van der Waals surface area (Å²) in [4.78, 5) is 4.59. The van der Waals surface area contributed by atoms with Gasteiger partial charge in [-0.25, -0.2) is 4.99 Å². The molecule has 0 spiro atoms. The molecular weight excluding hydrogens is 416 g/mol. The molecule has 0 saturated carbocycles. The van der Waals surface area contributed by atoms with E-state index in [0.717, 1.165) is 11.1 Å². The molecule has 0 bridgehead atoms. The van der Waals surface area contributed by atoms with Crippen molar-refractivity contribution in [2.45, 2.75) is 32.7 Å². The summed E-state index contributed by atoms with van der Waals surface area (Å²) in [6, 6.07) is 16.0. The number of rotatable bonds is 10. The maximum atomic E-state index is 12.3. The SMILES string of the molecule is CCNC(=NCc1cccc(Cn2cccn2)c1)NCC(O)c1ccc(OC(F)F)cc1. The molecule has 1 heterocycles. The van der Waals surface area contributed by atoms with Gasteiger partial charge >= 0.3 is 6.61 Å². The topological polar surface area (TPSA) is 83.7 Å². The van der Waals surface area contributed by atoms with Crippen LogP contribution < -0.4 is 15.4 Å². The fraction of sp³-hybridized carbons (Fsp3) is 0.304. The lowest BCUT2D eigenvalue weighted by molar-refractivity contribution is -0.0498. The highest BCUT2D eigenvalue weighted by atomic mass is 19.3. The van der Waals surface area contributed by atoms with Crippen molar-refractivity contribution < 1.29 is 18.6 Å². The molecule has 2 aromatic carbocycles. The Kier molecular flexibility index (Phi) is 8.56. The number of hydrogen-bond donors (Lipinski definition) is 3. The number of ether oxygens (including phenoxy) is 1. The minimum Gasteiger partial charge on any atom is -0.435 e. The van der Waals surface area contributed by atoms with Gasteiger partial charge in [0.1, 0.15) is 5.75 Å². The van der Waals surface area contributed by atoms with Crippen LogP contribution in [0.3, 0.4) is 0 Å². The molecular formula is C23H27F2N5O2. The van der Waals surface area contributed by atoms with Crippen molar-refractivity contribution in [3.8, 4) is 5.75 Å². The Morgan fingerprint density at radius 2 is 1.91 bits per heavy atom. The normalized spacial score (nSPS) is 12.6. The molecule has 0 amide bonds. The molecule has 9 heteroatoms. The van der Waals surface area contributed by atoms with Crippen LogP contribution in [0.5, 0.6) is 5.75 Å². The standard InChI is InChI=1S/C23H27F2N5O2/c1-2-26-23(28-15-21(31)19-7-9-20(10-8-19)32-22(24)25)27-14-17-5-3-6-18(13-17)16-30-12-4-11-29-30/h3-13,21-22,31H,2,14-16H2,1H3,(H2,26,27,28). The summed E-state index contributed by atoms with van der Waals surface area (Å²) < 4.78 is 30.7. The first-order chi connectivity index (χ1) is 15.5. The van der Waals surface area contributed by atoms with Gasteiger partial charge in [-0.1, -0.05) is 36.4 Å². The van der Waals surface area contributed by atoms with Crippen LogP contribution in [0.2, 0.25) is 0 Å². The number of aliphatic hydroxyl groups is 1. The number of aromatic nitrogens is 2. The van der Waals surface area contributed by atoms with Gasteiger partial charge < -0.3 is 20.5 Å². The van der Waals surface area contributed by atoms with Crippen LogP contribution in [0.25, 0.3) is 0 Å². The second-order valence-corrected chi connectivity index (χ2v) is 7.06. The Hall–Kier alpha value is -3.46. The molecule has 0 aliphatic rings. The van der Waals surface area contributed by atoms with Crippen LogP contribution in [0.4, 0.5) is 8.78 Å². The minimum atomic E-state index is -2.88. The molecule has 3 N–H and O–H groups in total. The minimum absolute atomic E-state index is 0.0496. The molecule has 0 fully saturated rings.